The Labute approximate surface area is 769 Å². The van der Waals surface area contributed by atoms with Crippen molar-refractivity contribution in [3.8, 4) is 68.9 Å². The van der Waals surface area contributed by atoms with Crippen LogP contribution in [0.15, 0.2) is 138 Å². The van der Waals surface area contributed by atoms with Crippen molar-refractivity contribution in [3.63, 3.8) is 0 Å². The molecule has 40 nitrogen and oxygen atoms in total. The van der Waals surface area contributed by atoms with Crippen LogP contribution < -0.4 is 61.3 Å². The zero-order valence-corrected chi connectivity index (χ0v) is 76.1. The molecule has 1 unspecified atom stereocenters. The minimum atomic E-state index is -5.24. The summed E-state index contributed by atoms with van der Waals surface area (Å²) >= 11 is 0. The van der Waals surface area contributed by atoms with Gasteiger partial charge in [-0.2, -0.15) is 16.8 Å². The fraction of sp³-hybridized carbons (Fsp3) is 0.396. The number of carbonyl (C=O) groups excluding carboxylic acids is 5. The van der Waals surface area contributed by atoms with Gasteiger partial charge in [-0.05, 0) is 163 Å². The average Bonchev–Trinajstić information content (AvgIpc) is 1.52. The first kappa shape index (κ1) is 97.4. The topological polar surface area (TPSA) is 520 Å². The van der Waals surface area contributed by atoms with Crippen molar-refractivity contribution in [3.05, 3.63) is 205 Å². The number of aryl methyl sites for hydroxylation is 1. The second kappa shape index (κ2) is 42.7. The Morgan fingerprint density at radius 3 is 2.00 bits per heavy atom. The summed E-state index contributed by atoms with van der Waals surface area (Å²) in [5.74, 6) is -4.80. The lowest BCUT2D eigenvalue weighted by Gasteiger charge is -2.39. The van der Waals surface area contributed by atoms with Crippen molar-refractivity contribution >= 4 is 83.3 Å². The van der Waals surface area contributed by atoms with Crippen LogP contribution in [-0.2, 0) is 130 Å². The Hall–Kier alpha value is -12.7. The molecule has 7 heterocycles. The van der Waals surface area contributed by atoms with Crippen molar-refractivity contribution < 1.29 is 144 Å². The molecule has 0 spiro atoms. The number of fused-ring (bicyclic) bond motifs is 5. The van der Waals surface area contributed by atoms with Gasteiger partial charge < -0.3 is 110 Å². The summed E-state index contributed by atoms with van der Waals surface area (Å²) < 4.78 is 173. The quantitative estimate of drug-likeness (QED) is 0.00809. The number of hydrogen-bond donors (Lipinski definition) is 7. The molecule has 6 atom stereocenters. The van der Waals surface area contributed by atoms with Gasteiger partial charge in [0.05, 0.1) is 116 Å². The number of hydrogen-bond acceptors (Lipinski definition) is 35. The van der Waals surface area contributed by atoms with Gasteiger partial charge in [-0.1, -0.05) is 55.5 Å². The zero-order chi connectivity index (χ0) is 95.3. The Balaban J connectivity index is 0.614. The molecule has 43 heteroatoms. The van der Waals surface area contributed by atoms with E-state index in [1.54, 1.807) is 49.5 Å². The van der Waals surface area contributed by atoms with Crippen LogP contribution in [-0.4, -0.2) is 228 Å². The first-order valence-corrected chi connectivity index (χ1v) is 47.2. The highest BCUT2D eigenvalue weighted by molar-refractivity contribution is 7.86. The van der Waals surface area contributed by atoms with E-state index in [2.05, 4.69) is 20.9 Å². The normalized spacial score (nSPS) is 19.3. The number of esters is 1. The van der Waals surface area contributed by atoms with Gasteiger partial charge in [0, 0.05) is 65.3 Å². The lowest BCUT2D eigenvalue weighted by Crippen LogP contribution is -2.60. The molecule has 4 amide bonds. The summed E-state index contributed by atoms with van der Waals surface area (Å²) in [5.41, 5.74) is 1.98. The van der Waals surface area contributed by atoms with E-state index in [-0.39, 0.29) is 165 Å². The van der Waals surface area contributed by atoms with Crippen molar-refractivity contribution in [2.24, 2.45) is 11.8 Å². The third kappa shape index (κ3) is 23.0. The molecule has 1 saturated carbocycles. The van der Waals surface area contributed by atoms with Gasteiger partial charge in [-0.3, -0.25) is 28.9 Å². The molecular formula is C91H100N8O32S3. The second-order valence-corrected chi connectivity index (χ2v) is 36.2. The van der Waals surface area contributed by atoms with E-state index in [1.165, 1.54) is 134 Å². The number of nitrogens with one attached hydrogen (secondary N) is 2. The van der Waals surface area contributed by atoms with Gasteiger partial charge in [0.1, 0.15) is 72.1 Å². The third-order valence-corrected chi connectivity index (χ3v) is 26.0. The Morgan fingerprint density at radius 2 is 1.29 bits per heavy atom. The van der Waals surface area contributed by atoms with Gasteiger partial charge in [0.25, 0.3) is 23.3 Å². The highest BCUT2D eigenvalue weighted by Gasteiger charge is 2.47. The van der Waals surface area contributed by atoms with Crippen LogP contribution in [0, 0.1) is 11.8 Å². The molecular weight excluding hydrogens is 1810 g/mol. The first-order chi connectivity index (χ1) is 64.3. The van der Waals surface area contributed by atoms with E-state index in [0.29, 0.717) is 105 Å². The largest absolute Gasteiger partial charge is 0.501 e. The molecule has 14 rings (SSSR count). The lowest BCUT2D eigenvalue weighted by atomic mass is 9.81. The van der Waals surface area contributed by atoms with Crippen LogP contribution in [0.4, 0.5) is 0 Å². The maximum Gasteiger partial charge on any atom is 0.501 e. The molecule has 0 bridgehead atoms. The van der Waals surface area contributed by atoms with E-state index in [1.807, 2.05) is 6.92 Å². The number of methoxy groups -OCH3 is 4. The smallest absolute Gasteiger partial charge is 0.493 e. The number of imide groups is 1. The minimum absolute atomic E-state index is 0.00289. The first-order valence-electron chi connectivity index (χ1n) is 42.7. The van der Waals surface area contributed by atoms with Crippen LogP contribution in [0.25, 0.3) is 34.4 Å². The highest BCUT2D eigenvalue weighted by Crippen LogP contribution is 2.44. The summed E-state index contributed by atoms with van der Waals surface area (Å²) in [6, 6.07) is 26.5. The minimum Gasteiger partial charge on any atom is -0.493 e. The summed E-state index contributed by atoms with van der Waals surface area (Å²) in [6.07, 6.45) is 1.73. The van der Waals surface area contributed by atoms with Crippen molar-refractivity contribution in [1.29, 1.82) is 0 Å². The van der Waals surface area contributed by atoms with Gasteiger partial charge in [-0.25, -0.2) is 14.5 Å². The van der Waals surface area contributed by atoms with Gasteiger partial charge in [0.2, 0.25) is 17.9 Å². The molecule has 7 N–H and O–H groups in total. The maximum absolute atomic E-state index is 14.6. The predicted molar refractivity (Wildman–Crippen MR) is 475 cm³/mol. The predicted octanol–water partition coefficient (Wildman–Crippen LogP) is 5.54. The van der Waals surface area contributed by atoms with Crippen LogP contribution in [0.1, 0.15) is 112 Å². The van der Waals surface area contributed by atoms with E-state index in [9.17, 15) is 79.6 Å². The lowest BCUT2D eigenvalue weighted by molar-refractivity contribution is -0.277. The SMILES string of the molecule is CCc1c2c(nc3ccc(OS(=O)(=O)Cc4cc(CS(=O)(=O)Oc5cc(/C=C\c6cc(OC)c(OC)c(OC)c6)ccc5OC)ccc4OCc4ccc(OS(=O)(=O)Oc5cc(C(=O)NCCOCCn6cc(COCCOCCNC(=O)C7CCC(CN8C(=O)C=CC8=O)CC7)nn6)ccc5OC5O[C@@H](CO)[C@@H](O)[C@@H](O)[C@@H]5O)cc4)cc13)-c1cc3c(c(=O)n1C2)COC(=O)[C@@]3(O)CC. The van der Waals surface area contributed by atoms with Crippen molar-refractivity contribution in [2.45, 2.75) is 133 Å². The van der Waals surface area contributed by atoms with Crippen molar-refractivity contribution in [1.82, 2.24) is 40.1 Å². The molecule has 0 radical (unpaired) electrons. The summed E-state index contributed by atoms with van der Waals surface area (Å²) in [4.78, 5) is 83.5. The standard InChI is InChI=1S/C91H100N8O32S3/c1-7-64-65-42-63(22-23-69(65)94-81-66(64)46-98-70(81)43-68-67(88(98)108)50-125-90(109)91(68,110)8-2)128-133(113,114)52-60-37-57(51-132(111,112)130-74-38-53(15-25-72(74)117-3)9-10-56-39-76(118-4)85(120-6)77(40-56)119-5)16-24-71(60)124-48-55-13-20-62(21-14-55)129-134(115,116)131-75-41-59(19-26-73(75)126-89-84(105)83(104)82(103)78(47-100)127-89)87(107)93-29-32-121-34-31-97-45-61(95-96-97)49-123-36-35-122-33-30-92-86(106)58-17-11-54(12-18-58)44-99-79(101)27-28-80(99)102/h9-10,13-16,19-28,37-43,45,54,58,78,82-84,89,100,103-105,110H,7-8,11-12,17-18,29-36,44,46-52H2,1-6H3,(H,92,106)(H,93,107)/b10-9-/t54?,58?,78-,82+,83+,84-,89?,91+/m0/s1. The monoisotopic (exact) mass is 1910 g/mol. The number of rotatable bonds is 44. The molecule has 4 aliphatic heterocycles. The number of benzene rings is 6. The van der Waals surface area contributed by atoms with E-state index in [4.69, 9.17) is 73.8 Å². The Kier molecular flexibility index (Phi) is 31.0. The molecule has 5 aliphatic rings. The molecule has 2 fully saturated rings. The van der Waals surface area contributed by atoms with E-state index < -0.39 is 114 Å². The summed E-state index contributed by atoms with van der Waals surface area (Å²) in [5, 5.41) is 67.6. The van der Waals surface area contributed by atoms with E-state index in [0.717, 1.165) is 25.0 Å². The molecule has 9 aromatic rings. The summed E-state index contributed by atoms with van der Waals surface area (Å²) in [7, 11) is -8.86. The highest BCUT2D eigenvalue weighted by atomic mass is 32.3. The molecule has 1 aliphatic carbocycles. The molecule has 714 valence electrons. The third-order valence-electron chi connectivity index (χ3n) is 23.0. The molecule has 6 aromatic carbocycles. The van der Waals surface area contributed by atoms with Crippen LogP contribution in [0.2, 0.25) is 0 Å². The van der Waals surface area contributed by atoms with Crippen molar-refractivity contribution in [2.75, 3.05) is 87.7 Å². The number of cyclic esters (lactones) is 1. The fourth-order valence-electron chi connectivity index (χ4n) is 16.1. The van der Waals surface area contributed by atoms with E-state index >= 15 is 0 Å². The van der Waals surface area contributed by atoms with Gasteiger partial charge >= 0.3 is 36.6 Å². The number of ether oxygens (including phenoxy) is 11. The number of aromatic nitrogens is 5. The number of aliphatic hydroxyl groups excluding tert-OH is 4. The fourth-order valence-corrected chi connectivity index (χ4v) is 18.9. The second-order valence-electron chi connectivity index (χ2n) is 31.9. The van der Waals surface area contributed by atoms with Crippen LogP contribution >= 0.6 is 0 Å². The van der Waals surface area contributed by atoms with Crippen LogP contribution in [0.3, 0.4) is 0 Å². The Morgan fingerprint density at radius 1 is 0.627 bits per heavy atom. The molecule has 3 aromatic heterocycles. The van der Waals surface area contributed by atoms with Gasteiger partial charge in [0.15, 0.2) is 40.1 Å². The van der Waals surface area contributed by atoms with Gasteiger partial charge in [-0.15, -0.1) is 13.5 Å². The number of pyridine rings is 2. The number of aliphatic hydroxyl groups is 5. The van der Waals surface area contributed by atoms with Crippen LogP contribution in [0.5, 0.6) is 57.5 Å². The molecule has 1 saturated heterocycles. The summed E-state index contributed by atoms with van der Waals surface area (Å²) in [6.45, 7) is 3.94. The maximum atomic E-state index is 14.6. The average molecular weight is 1910 g/mol. The Bertz CT molecular complexity index is 6320. The number of amides is 4. The number of carbonyl (C=O) groups is 5. The zero-order valence-electron chi connectivity index (χ0n) is 73.6. The molecule has 134 heavy (non-hydrogen) atoms. The number of nitrogens with zero attached hydrogens (tertiary/aromatic N) is 6.